The fraction of sp³-hybridized carbons (Fsp3) is 0.294. The summed E-state index contributed by atoms with van der Waals surface area (Å²) in [5.74, 6) is 1.60. The molecule has 1 N–H and O–H groups in total. The third-order valence-corrected chi connectivity index (χ3v) is 4.16. The maximum atomic E-state index is 4.76. The molecule has 0 spiro atoms. The molecule has 3 aromatic rings. The average molecular weight is 291 g/mol. The molecule has 5 nitrogen and oxygen atoms in total. The average Bonchev–Trinajstić information content (AvgIpc) is 3.26. The Balaban J connectivity index is 1.93. The highest BCUT2D eigenvalue weighted by Crippen LogP contribution is 2.39. The molecule has 1 fully saturated rings. The summed E-state index contributed by atoms with van der Waals surface area (Å²) in [6, 6.07) is 5.83. The van der Waals surface area contributed by atoms with E-state index in [2.05, 4.69) is 22.2 Å². The van der Waals surface area contributed by atoms with Crippen LogP contribution in [0, 0.1) is 6.92 Å². The van der Waals surface area contributed by atoms with E-state index < -0.39 is 0 Å². The molecule has 1 saturated carbocycles. The number of aryl methyl sites for hydroxylation is 1. The monoisotopic (exact) mass is 291 g/mol. The summed E-state index contributed by atoms with van der Waals surface area (Å²) in [6.07, 6.45) is 7.68. The zero-order valence-electron chi connectivity index (χ0n) is 12.7. The minimum atomic E-state index is 0.161. The predicted molar refractivity (Wildman–Crippen MR) is 86.6 cm³/mol. The molecular weight excluding hydrogens is 274 g/mol. The van der Waals surface area contributed by atoms with Crippen LogP contribution in [0.15, 0.2) is 36.8 Å². The second-order valence-corrected chi connectivity index (χ2v) is 6.11. The van der Waals surface area contributed by atoms with Gasteiger partial charge in [-0.05, 0) is 44.9 Å². The third-order valence-electron chi connectivity index (χ3n) is 4.16. The Labute approximate surface area is 128 Å². The molecular formula is C17H17N5. The summed E-state index contributed by atoms with van der Waals surface area (Å²) < 4.78 is 0. The van der Waals surface area contributed by atoms with Crippen molar-refractivity contribution in [1.82, 2.24) is 19.9 Å². The van der Waals surface area contributed by atoms with Gasteiger partial charge in [-0.15, -0.1) is 0 Å². The Morgan fingerprint density at radius 3 is 2.55 bits per heavy atom. The number of anilines is 1. The number of nitrogens with zero attached hydrogens (tertiary/aromatic N) is 4. The number of nitrogens with one attached hydrogen (secondary N) is 1. The highest BCUT2D eigenvalue weighted by atomic mass is 15.1. The quantitative estimate of drug-likeness (QED) is 0.801. The van der Waals surface area contributed by atoms with Crippen LogP contribution in [0.3, 0.4) is 0 Å². The highest BCUT2D eigenvalue weighted by Gasteiger charge is 2.38. The molecule has 0 aromatic carbocycles. The summed E-state index contributed by atoms with van der Waals surface area (Å²) in [4.78, 5) is 17.9. The molecule has 4 rings (SSSR count). The first-order valence-electron chi connectivity index (χ1n) is 7.47. The van der Waals surface area contributed by atoms with Crippen molar-refractivity contribution in [2.24, 2.45) is 0 Å². The zero-order valence-corrected chi connectivity index (χ0v) is 12.7. The Kier molecular flexibility index (Phi) is 2.82. The molecule has 0 saturated heterocycles. The van der Waals surface area contributed by atoms with Crippen molar-refractivity contribution in [3.8, 4) is 11.4 Å². The molecule has 0 amide bonds. The van der Waals surface area contributed by atoms with Gasteiger partial charge in [-0.2, -0.15) is 0 Å². The lowest BCUT2D eigenvalue weighted by Crippen LogP contribution is -2.17. The minimum Gasteiger partial charge on any atom is -0.364 e. The summed E-state index contributed by atoms with van der Waals surface area (Å²) in [5.41, 5.74) is 2.94. The number of aromatic nitrogens is 4. The maximum absolute atomic E-state index is 4.76. The first-order valence-corrected chi connectivity index (χ1v) is 7.47. The van der Waals surface area contributed by atoms with Gasteiger partial charge in [0.2, 0.25) is 0 Å². The Hall–Kier alpha value is -2.56. The third kappa shape index (κ3) is 2.28. The van der Waals surface area contributed by atoms with E-state index in [1.807, 2.05) is 31.3 Å². The standard InChI is InChI=1S/C17H17N5/c1-11-14-13(5-10-19-11)16(22-17(2)6-7-17)21-15(20-14)12-3-8-18-9-4-12/h3-5,8-10H,6-7H2,1-2H3,(H,20,21,22). The molecule has 22 heavy (non-hydrogen) atoms. The van der Waals surface area contributed by atoms with Gasteiger partial charge in [-0.1, -0.05) is 0 Å². The molecule has 0 unspecified atom stereocenters. The predicted octanol–water partition coefficient (Wildman–Crippen LogP) is 3.36. The normalized spacial score (nSPS) is 15.7. The molecule has 1 aliphatic carbocycles. The molecule has 3 heterocycles. The Morgan fingerprint density at radius 1 is 1.05 bits per heavy atom. The smallest absolute Gasteiger partial charge is 0.162 e. The lowest BCUT2D eigenvalue weighted by atomic mass is 10.2. The SMILES string of the molecule is Cc1nccc2c(NC3(C)CC3)nc(-c3ccncc3)nc12. The summed E-state index contributed by atoms with van der Waals surface area (Å²) >= 11 is 0. The van der Waals surface area contributed by atoms with Crippen molar-refractivity contribution in [2.75, 3.05) is 5.32 Å². The van der Waals surface area contributed by atoms with Crippen molar-refractivity contribution >= 4 is 16.7 Å². The Morgan fingerprint density at radius 2 is 1.82 bits per heavy atom. The van der Waals surface area contributed by atoms with Crippen molar-refractivity contribution in [3.05, 3.63) is 42.5 Å². The van der Waals surface area contributed by atoms with Gasteiger partial charge in [0.1, 0.15) is 5.82 Å². The first-order chi connectivity index (χ1) is 10.6. The number of pyridine rings is 2. The van der Waals surface area contributed by atoms with E-state index in [-0.39, 0.29) is 5.54 Å². The van der Waals surface area contributed by atoms with E-state index in [1.165, 1.54) is 12.8 Å². The summed E-state index contributed by atoms with van der Waals surface area (Å²) in [6.45, 7) is 4.20. The first kappa shape index (κ1) is 13.1. The van der Waals surface area contributed by atoms with Gasteiger partial charge >= 0.3 is 0 Å². The van der Waals surface area contributed by atoms with Crippen molar-refractivity contribution in [1.29, 1.82) is 0 Å². The topological polar surface area (TPSA) is 63.6 Å². The number of hydrogen-bond acceptors (Lipinski definition) is 5. The summed E-state index contributed by atoms with van der Waals surface area (Å²) in [7, 11) is 0. The van der Waals surface area contributed by atoms with E-state index in [4.69, 9.17) is 9.97 Å². The molecule has 0 aliphatic heterocycles. The van der Waals surface area contributed by atoms with Gasteiger partial charge in [-0.25, -0.2) is 9.97 Å². The molecule has 3 aromatic heterocycles. The van der Waals surface area contributed by atoms with Crippen LogP contribution in [-0.4, -0.2) is 25.5 Å². The van der Waals surface area contributed by atoms with Crippen LogP contribution >= 0.6 is 0 Å². The molecule has 5 heteroatoms. The second-order valence-electron chi connectivity index (χ2n) is 6.11. The molecule has 0 radical (unpaired) electrons. The van der Waals surface area contributed by atoms with Gasteiger partial charge < -0.3 is 5.32 Å². The van der Waals surface area contributed by atoms with Crippen molar-refractivity contribution in [2.45, 2.75) is 32.2 Å². The van der Waals surface area contributed by atoms with E-state index in [0.29, 0.717) is 5.82 Å². The van der Waals surface area contributed by atoms with Crippen LogP contribution in [0.4, 0.5) is 5.82 Å². The number of rotatable bonds is 3. The minimum absolute atomic E-state index is 0.161. The van der Waals surface area contributed by atoms with Gasteiger partial charge in [0, 0.05) is 35.1 Å². The van der Waals surface area contributed by atoms with Crippen LogP contribution in [0.2, 0.25) is 0 Å². The van der Waals surface area contributed by atoms with E-state index >= 15 is 0 Å². The van der Waals surface area contributed by atoms with Crippen molar-refractivity contribution < 1.29 is 0 Å². The fourth-order valence-electron chi connectivity index (χ4n) is 2.51. The Bertz CT molecular complexity index is 840. The highest BCUT2D eigenvalue weighted by molar-refractivity contribution is 5.92. The van der Waals surface area contributed by atoms with Gasteiger partial charge in [0.25, 0.3) is 0 Å². The molecule has 110 valence electrons. The lowest BCUT2D eigenvalue weighted by Gasteiger charge is -2.16. The molecule has 1 aliphatic rings. The van der Waals surface area contributed by atoms with Crippen LogP contribution in [0.5, 0.6) is 0 Å². The van der Waals surface area contributed by atoms with Crippen molar-refractivity contribution in [3.63, 3.8) is 0 Å². The van der Waals surface area contributed by atoms with E-state index in [9.17, 15) is 0 Å². The largest absolute Gasteiger partial charge is 0.364 e. The zero-order chi connectivity index (χ0) is 15.2. The lowest BCUT2D eigenvalue weighted by molar-refractivity contribution is 0.822. The van der Waals surface area contributed by atoms with Gasteiger partial charge in [0.05, 0.1) is 11.2 Å². The van der Waals surface area contributed by atoms with Gasteiger partial charge in [-0.3, -0.25) is 9.97 Å². The van der Waals surface area contributed by atoms with Crippen LogP contribution in [0.1, 0.15) is 25.5 Å². The van der Waals surface area contributed by atoms with E-state index in [1.54, 1.807) is 12.4 Å². The number of fused-ring (bicyclic) bond motifs is 1. The van der Waals surface area contributed by atoms with Crippen LogP contribution in [-0.2, 0) is 0 Å². The summed E-state index contributed by atoms with van der Waals surface area (Å²) in [5, 5.41) is 4.60. The van der Waals surface area contributed by atoms with Crippen LogP contribution < -0.4 is 5.32 Å². The van der Waals surface area contributed by atoms with E-state index in [0.717, 1.165) is 28.0 Å². The van der Waals surface area contributed by atoms with Gasteiger partial charge in [0.15, 0.2) is 5.82 Å². The molecule has 0 bridgehead atoms. The molecule has 0 atom stereocenters. The second kappa shape index (κ2) is 4.73. The maximum Gasteiger partial charge on any atom is 0.162 e. The number of hydrogen-bond donors (Lipinski definition) is 1. The fourth-order valence-corrected chi connectivity index (χ4v) is 2.51. The van der Waals surface area contributed by atoms with Crippen LogP contribution in [0.25, 0.3) is 22.3 Å².